The van der Waals surface area contributed by atoms with E-state index in [-0.39, 0.29) is 5.41 Å². The molecule has 1 aromatic rings. The molecule has 120 valence electrons. The molecule has 21 heavy (non-hydrogen) atoms. The first-order valence-corrected chi connectivity index (χ1v) is 8.08. The Morgan fingerprint density at radius 2 is 1.62 bits per heavy atom. The van der Waals surface area contributed by atoms with Crippen molar-refractivity contribution in [3.05, 3.63) is 29.8 Å². The second-order valence-corrected chi connectivity index (χ2v) is 7.85. The lowest BCUT2D eigenvalue weighted by atomic mass is 9.72. The van der Waals surface area contributed by atoms with Crippen molar-refractivity contribution >= 4 is 0 Å². The third-order valence-corrected chi connectivity index (χ3v) is 3.96. The van der Waals surface area contributed by atoms with Crippen LogP contribution >= 0.6 is 0 Å². The van der Waals surface area contributed by atoms with Crippen molar-refractivity contribution in [3.8, 4) is 5.75 Å². The van der Waals surface area contributed by atoms with Gasteiger partial charge in [-0.2, -0.15) is 0 Å². The Morgan fingerprint density at radius 1 is 1.05 bits per heavy atom. The van der Waals surface area contributed by atoms with Crippen LogP contribution in [0.1, 0.15) is 59.9 Å². The molecule has 1 atom stereocenters. The fraction of sp³-hybridized carbons (Fsp3) is 0.684. The molecular weight excluding hydrogens is 258 g/mol. The minimum absolute atomic E-state index is 0.188. The van der Waals surface area contributed by atoms with Crippen LogP contribution in [0.4, 0.5) is 0 Å². The van der Waals surface area contributed by atoms with Crippen LogP contribution in [0.3, 0.4) is 0 Å². The lowest BCUT2D eigenvalue weighted by Gasteiger charge is -2.33. The smallest absolute Gasteiger partial charge is 0.119 e. The van der Waals surface area contributed by atoms with Gasteiger partial charge in [-0.3, -0.25) is 0 Å². The van der Waals surface area contributed by atoms with Crippen molar-refractivity contribution in [2.24, 2.45) is 5.41 Å². The van der Waals surface area contributed by atoms with E-state index in [4.69, 9.17) is 4.74 Å². The van der Waals surface area contributed by atoms with E-state index in [0.717, 1.165) is 25.2 Å². The van der Waals surface area contributed by atoms with Gasteiger partial charge in [-0.1, -0.05) is 53.7 Å². The number of rotatable bonds is 7. The molecule has 0 aliphatic carbocycles. The average molecular weight is 291 g/mol. The quantitative estimate of drug-likeness (QED) is 0.781. The standard InChI is InChI=1S/C19H33NO/c1-8-16(20-7)13-21-17-11-9-15(10-12-17)19(5,6)14-18(2,3)4/h9-12,16,20H,8,13-14H2,1-7H3. The van der Waals surface area contributed by atoms with E-state index in [2.05, 4.69) is 71.1 Å². The molecule has 0 aliphatic rings. The number of hydrogen-bond acceptors (Lipinski definition) is 2. The molecule has 0 saturated heterocycles. The largest absolute Gasteiger partial charge is 0.492 e. The van der Waals surface area contributed by atoms with E-state index in [0.29, 0.717) is 11.5 Å². The summed E-state index contributed by atoms with van der Waals surface area (Å²) < 4.78 is 5.86. The predicted octanol–water partition coefficient (Wildman–Crippen LogP) is 4.78. The molecule has 2 heteroatoms. The van der Waals surface area contributed by atoms with Gasteiger partial charge in [0.1, 0.15) is 12.4 Å². The van der Waals surface area contributed by atoms with E-state index in [1.807, 2.05) is 7.05 Å². The molecule has 0 heterocycles. The van der Waals surface area contributed by atoms with Gasteiger partial charge < -0.3 is 10.1 Å². The zero-order chi connectivity index (χ0) is 16.1. The molecule has 0 spiro atoms. The normalized spacial score (nSPS) is 14.0. The molecule has 0 fully saturated rings. The van der Waals surface area contributed by atoms with Crippen LogP contribution in [0.2, 0.25) is 0 Å². The number of benzene rings is 1. The Hall–Kier alpha value is -1.02. The molecular formula is C19H33NO. The molecule has 0 bridgehead atoms. The van der Waals surface area contributed by atoms with Gasteiger partial charge in [0.2, 0.25) is 0 Å². The van der Waals surface area contributed by atoms with Gasteiger partial charge in [0, 0.05) is 6.04 Å². The van der Waals surface area contributed by atoms with Crippen molar-refractivity contribution in [3.63, 3.8) is 0 Å². The number of likely N-dealkylation sites (N-methyl/N-ethyl adjacent to an activating group) is 1. The van der Waals surface area contributed by atoms with Gasteiger partial charge in [0.05, 0.1) is 0 Å². The summed E-state index contributed by atoms with van der Waals surface area (Å²) in [7, 11) is 1.98. The molecule has 1 N–H and O–H groups in total. The molecule has 0 aliphatic heterocycles. The zero-order valence-electron chi connectivity index (χ0n) is 14.9. The predicted molar refractivity (Wildman–Crippen MR) is 92.2 cm³/mol. The molecule has 0 amide bonds. The van der Waals surface area contributed by atoms with E-state index in [9.17, 15) is 0 Å². The van der Waals surface area contributed by atoms with Gasteiger partial charge in [0.15, 0.2) is 0 Å². The zero-order valence-corrected chi connectivity index (χ0v) is 14.9. The summed E-state index contributed by atoms with van der Waals surface area (Å²) >= 11 is 0. The maximum Gasteiger partial charge on any atom is 0.119 e. The molecule has 2 nitrogen and oxygen atoms in total. The van der Waals surface area contributed by atoms with Crippen LogP contribution in [0.5, 0.6) is 5.75 Å². The second kappa shape index (κ2) is 7.31. The highest BCUT2D eigenvalue weighted by molar-refractivity contribution is 5.31. The lowest BCUT2D eigenvalue weighted by Crippen LogP contribution is -2.30. The van der Waals surface area contributed by atoms with Crippen molar-refractivity contribution in [2.75, 3.05) is 13.7 Å². The second-order valence-electron chi connectivity index (χ2n) is 7.85. The number of nitrogens with one attached hydrogen (secondary N) is 1. The maximum absolute atomic E-state index is 5.86. The van der Waals surface area contributed by atoms with Crippen LogP contribution in [0, 0.1) is 5.41 Å². The summed E-state index contributed by atoms with van der Waals surface area (Å²) in [5.74, 6) is 0.957. The summed E-state index contributed by atoms with van der Waals surface area (Å²) in [6.07, 6.45) is 2.24. The highest BCUT2D eigenvalue weighted by atomic mass is 16.5. The molecule has 0 radical (unpaired) electrons. The molecule has 1 unspecified atom stereocenters. The van der Waals surface area contributed by atoms with Crippen molar-refractivity contribution < 1.29 is 4.74 Å². The van der Waals surface area contributed by atoms with Gasteiger partial charge in [-0.25, -0.2) is 0 Å². The van der Waals surface area contributed by atoms with E-state index < -0.39 is 0 Å². The fourth-order valence-electron chi connectivity index (χ4n) is 3.03. The van der Waals surface area contributed by atoms with Gasteiger partial charge >= 0.3 is 0 Å². The van der Waals surface area contributed by atoms with Crippen LogP contribution in [-0.4, -0.2) is 19.7 Å². The molecule has 0 saturated carbocycles. The summed E-state index contributed by atoms with van der Waals surface area (Å²) in [4.78, 5) is 0. The maximum atomic E-state index is 5.86. The highest BCUT2D eigenvalue weighted by Gasteiger charge is 2.27. The summed E-state index contributed by atoms with van der Waals surface area (Å²) in [6.45, 7) is 14.4. The Labute approximate surface area is 131 Å². The summed E-state index contributed by atoms with van der Waals surface area (Å²) in [5, 5.41) is 3.26. The topological polar surface area (TPSA) is 21.3 Å². The van der Waals surface area contributed by atoms with Crippen LogP contribution in [0.25, 0.3) is 0 Å². The third kappa shape index (κ3) is 6.09. The van der Waals surface area contributed by atoms with E-state index >= 15 is 0 Å². The van der Waals surface area contributed by atoms with Crippen molar-refractivity contribution in [1.29, 1.82) is 0 Å². The third-order valence-electron chi connectivity index (χ3n) is 3.96. The fourth-order valence-corrected chi connectivity index (χ4v) is 3.03. The van der Waals surface area contributed by atoms with E-state index in [1.165, 1.54) is 5.56 Å². The molecule has 1 rings (SSSR count). The van der Waals surface area contributed by atoms with E-state index in [1.54, 1.807) is 0 Å². The first kappa shape index (κ1) is 18.0. The Kier molecular flexibility index (Phi) is 6.27. The van der Waals surface area contributed by atoms with Crippen molar-refractivity contribution in [2.45, 2.75) is 65.8 Å². The minimum atomic E-state index is 0.188. The Balaban J connectivity index is 2.69. The monoisotopic (exact) mass is 291 g/mol. The Bertz CT molecular complexity index is 410. The number of ether oxygens (including phenoxy) is 1. The van der Waals surface area contributed by atoms with Crippen molar-refractivity contribution in [1.82, 2.24) is 5.32 Å². The van der Waals surface area contributed by atoms with Crippen LogP contribution in [-0.2, 0) is 5.41 Å². The number of hydrogen-bond donors (Lipinski definition) is 1. The van der Waals surface area contributed by atoms with Gasteiger partial charge in [0.25, 0.3) is 0 Å². The first-order valence-electron chi connectivity index (χ1n) is 8.08. The summed E-state index contributed by atoms with van der Waals surface area (Å²) in [5.41, 5.74) is 1.90. The minimum Gasteiger partial charge on any atom is -0.492 e. The highest BCUT2D eigenvalue weighted by Crippen LogP contribution is 2.36. The molecule has 1 aromatic carbocycles. The molecule has 0 aromatic heterocycles. The first-order chi connectivity index (χ1) is 9.68. The van der Waals surface area contributed by atoms with Crippen LogP contribution < -0.4 is 10.1 Å². The lowest BCUT2D eigenvalue weighted by molar-refractivity contribution is 0.266. The average Bonchev–Trinajstić information content (AvgIpc) is 2.38. The van der Waals surface area contributed by atoms with Crippen LogP contribution in [0.15, 0.2) is 24.3 Å². The Morgan fingerprint density at radius 3 is 2.05 bits per heavy atom. The SMILES string of the molecule is CCC(COc1ccc(C(C)(C)CC(C)(C)C)cc1)NC. The summed E-state index contributed by atoms with van der Waals surface area (Å²) in [6, 6.07) is 9.04. The van der Waals surface area contributed by atoms with Gasteiger partial charge in [-0.05, 0) is 48.4 Å². The van der Waals surface area contributed by atoms with Gasteiger partial charge in [-0.15, -0.1) is 0 Å².